The van der Waals surface area contributed by atoms with E-state index in [1.807, 2.05) is 70.3 Å². The van der Waals surface area contributed by atoms with E-state index in [2.05, 4.69) is 29.2 Å². The summed E-state index contributed by atoms with van der Waals surface area (Å²) in [5.74, 6) is 0.00234. The van der Waals surface area contributed by atoms with E-state index in [4.69, 9.17) is 16.6 Å². The molecule has 0 saturated heterocycles. The van der Waals surface area contributed by atoms with Crippen LogP contribution < -0.4 is 4.90 Å². The summed E-state index contributed by atoms with van der Waals surface area (Å²) in [7, 11) is 0. The summed E-state index contributed by atoms with van der Waals surface area (Å²) < 4.78 is 3.00. The van der Waals surface area contributed by atoms with Crippen molar-refractivity contribution < 1.29 is 4.79 Å². The third-order valence-corrected chi connectivity index (χ3v) is 7.38. The highest BCUT2D eigenvalue weighted by Crippen LogP contribution is 2.35. The molecule has 7 heteroatoms. The van der Waals surface area contributed by atoms with E-state index in [-0.39, 0.29) is 11.8 Å². The molecule has 5 nitrogen and oxygen atoms in total. The van der Waals surface area contributed by atoms with Gasteiger partial charge < -0.3 is 4.57 Å². The van der Waals surface area contributed by atoms with Crippen LogP contribution >= 0.6 is 22.9 Å². The smallest absolute Gasteiger partial charge is 0.229 e. The summed E-state index contributed by atoms with van der Waals surface area (Å²) in [4.78, 5) is 24.6. The number of amides is 1. The number of benzene rings is 3. The van der Waals surface area contributed by atoms with Gasteiger partial charge in [0.1, 0.15) is 5.52 Å². The Morgan fingerprint density at radius 1 is 0.971 bits per heavy atom. The van der Waals surface area contributed by atoms with Crippen molar-refractivity contribution in [3.05, 3.63) is 114 Å². The number of para-hydroxylation sites is 1. The highest BCUT2D eigenvalue weighted by molar-refractivity contribution is 7.22. The molecule has 0 bridgehead atoms. The number of nitrogens with zero attached hydrogens (tertiary/aromatic N) is 4. The molecular weight excluding hydrogens is 476 g/mol. The Bertz CT molecular complexity index is 1350. The maximum Gasteiger partial charge on any atom is 0.229 e. The molecule has 0 aliphatic rings. The standard InChI is InChI=1S/C28H25ClN4OS/c29-24-13-7-14-25-27(24)31-28(35-25)33(17-8-16-32-18-15-30-20-32)26(34)19-23(21-9-3-1-4-10-21)22-11-5-2-6-12-22/h1-7,9-15,18,20,23H,8,16-17,19H2. The van der Waals surface area contributed by atoms with Gasteiger partial charge in [-0.2, -0.15) is 0 Å². The van der Waals surface area contributed by atoms with Crippen molar-refractivity contribution in [1.29, 1.82) is 0 Å². The SMILES string of the molecule is O=C(CC(c1ccccc1)c1ccccc1)N(CCCn1ccnc1)c1nc2c(Cl)cccc2s1. The van der Waals surface area contributed by atoms with Crippen molar-refractivity contribution in [3.8, 4) is 0 Å². The normalized spacial score (nSPS) is 11.3. The number of hydrogen-bond donors (Lipinski definition) is 0. The minimum atomic E-state index is -0.0426. The molecule has 0 radical (unpaired) electrons. The van der Waals surface area contributed by atoms with Gasteiger partial charge >= 0.3 is 0 Å². The second-order valence-electron chi connectivity index (χ2n) is 8.36. The Labute approximate surface area is 213 Å². The molecule has 0 saturated carbocycles. The molecule has 0 fully saturated rings. The Morgan fingerprint density at radius 3 is 2.31 bits per heavy atom. The molecule has 1 amide bonds. The van der Waals surface area contributed by atoms with Gasteiger partial charge in [-0.1, -0.05) is 89.7 Å². The minimum Gasteiger partial charge on any atom is -0.337 e. The Morgan fingerprint density at radius 2 is 1.69 bits per heavy atom. The zero-order valence-electron chi connectivity index (χ0n) is 19.1. The third-order valence-electron chi connectivity index (χ3n) is 6.03. The summed E-state index contributed by atoms with van der Waals surface area (Å²) in [6.45, 7) is 1.33. The summed E-state index contributed by atoms with van der Waals surface area (Å²) >= 11 is 7.91. The van der Waals surface area contributed by atoms with E-state index in [0.29, 0.717) is 23.1 Å². The van der Waals surface area contributed by atoms with Crippen molar-refractivity contribution in [3.63, 3.8) is 0 Å². The minimum absolute atomic E-state index is 0.0426. The number of rotatable bonds is 9. The van der Waals surface area contributed by atoms with E-state index in [1.165, 1.54) is 11.3 Å². The lowest BCUT2D eigenvalue weighted by Crippen LogP contribution is -2.33. The van der Waals surface area contributed by atoms with Crippen molar-refractivity contribution >= 4 is 44.2 Å². The van der Waals surface area contributed by atoms with Gasteiger partial charge in [0, 0.05) is 37.8 Å². The van der Waals surface area contributed by atoms with E-state index in [1.54, 1.807) is 12.5 Å². The van der Waals surface area contributed by atoms with E-state index >= 15 is 0 Å². The van der Waals surface area contributed by atoms with Crippen LogP contribution in [0.2, 0.25) is 5.02 Å². The zero-order chi connectivity index (χ0) is 24.0. The molecule has 2 aromatic heterocycles. The van der Waals surface area contributed by atoms with Crippen LogP contribution in [-0.2, 0) is 11.3 Å². The van der Waals surface area contributed by atoms with Gasteiger partial charge in [-0.25, -0.2) is 9.97 Å². The number of halogens is 1. The molecule has 0 spiro atoms. The average molecular weight is 501 g/mol. The van der Waals surface area contributed by atoms with Gasteiger partial charge in [-0.3, -0.25) is 9.69 Å². The molecule has 2 heterocycles. The molecule has 0 unspecified atom stereocenters. The first kappa shape index (κ1) is 23.3. The van der Waals surface area contributed by atoms with Crippen LogP contribution in [0.25, 0.3) is 10.2 Å². The summed E-state index contributed by atoms with van der Waals surface area (Å²) in [6.07, 6.45) is 6.63. The lowest BCUT2D eigenvalue weighted by atomic mass is 9.88. The fourth-order valence-electron chi connectivity index (χ4n) is 4.26. The summed E-state index contributed by atoms with van der Waals surface area (Å²) in [5.41, 5.74) is 2.99. The fraction of sp³-hybridized carbons (Fsp3) is 0.179. The number of carbonyl (C=O) groups excluding carboxylic acids is 1. The average Bonchev–Trinajstić information content (AvgIpc) is 3.57. The first-order valence-electron chi connectivity index (χ1n) is 11.6. The van der Waals surface area contributed by atoms with Crippen LogP contribution in [-0.4, -0.2) is 27.0 Å². The van der Waals surface area contributed by atoms with Crippen LogP contribution in [0.1, 0.15) is 29.9 Å². The first-order chi connectivity index (χ1) is 17.2. The van der Waals surface area contributed by atoms with Gasteiger partial charge in [-0.15, -0.1) is 0 Å². The van der Waals surface area contributed by atoms with Crippen LogP contribution in [0, 0.1) is 0 Å². The van der Waals surface area contributed by atoms with Gasteiger partial charge in [0.25, 0.3) is 0 Å². The van der Waals surface area contributed by atoms with E-state index < -0.39 is 0 Å². The Kier molecular flexibility index (Phi) is 7.21. The third kappa shape index (κ3) is 5.45. The number of fused-ring (bicyclic) bond motifs is 1. The molecule has 0 N–H and O–H groups in total. The first-order valence-corrected chi connectivity index (χ1v) is 12.8. The Hall–Kier alpha value is -3.48. The second-order valence-corrected chi connectivity index (χ2v) is 9.78. The largest absolute Gasteiger partial charge is 0.337 e. The van der Waals surface area contributed by atoms with Gasteiger partial charge in [0.15, 0.2) is 5.13 Å². The molecule has 5 rings (SSSR count). The monoisotopic (exact) mass is 500 g/mol. The molecule has 35 heavy (non-hydrogen) atoms. The van der Waals surface area contributed by atoms with Crippen LogP contribution in [0.4, 0.5) is 5.13 Å². The topological polar surface area (TPSA) is 51.0 Å². The van der Waals surface area contributed by atoms with Crippen LogP contribution in [0.3, 0.4) is 0 Å². The molecule has 176 valence electrons. The lowest BCUT2D eigenvalue weighted by Gasteiger charge is -2.24. The molecule has 0 aliphatic heterocycles. The van der Waals surface area contributed by atoms with Crippen molar-refractivity contribution in [2.24, 2.45) is 0 Å². The summed E-state index contributed by atoms with van der Waals surface area (Å²) in [6, 6.07) is 26.2. The van der Waals surface area contributed by atoms with Crippen molar-refractivity contribution in [1.82, 2.24) is 14.5 Å². The van der Waals surface area contributed by atoms with Crippen LogP contribution in [0.15, 0.2) is 97.6 Å². The molecular formula is C28H25ClN4OS. The van der Waals surface area contributed by atoms with Crippen molar-refractivity contribution in [2.75, 3.05) is 11.4 Å². The fourth-order valence-corrected chi connectivity index (χ4v) is 5.57. The number of anilines is 1. The molecule has 0 atom stereocenters. The predicted octanol–water partition coefficient (Wildman–Crippen LogP) is 6.79. The molecule has 3 aromatic carbocycles. The maximum atomic E-state index is 13.9. The Balaban J connectivity index is 1.45. The van der Waals surface area contributed by atoms with Crippen molar-refractivity contribution in [2.45, 2.75) is 25.3 Å². The van der Waals surface area contributed by atoms with E-state index in [0.717, 1.165) is 34.3 Å². The molecule has 5 aromatic rings. The van der Waals surface area contributed by atoms with Gasteiger partial charge in [0.2, 0.25) is 5.91 Å². The highest BCUT2D eigenvalue weighted by Gasteiger charge is 2.25. The maximum absolute atomic E-state index is 13.9. The highest BCUT2D eigenvalue weighted by atomic mass is 35.5. The summed E-state index contributed by atoms with van der Waals surface area (Å²) in [5, 5.41) is 1.28. The number of imidazole rings is 1. The van der Waals surface area contributed by atoms with E-state index in [9.17, 15) is 4.79 Å². The number of hydrogen-bond acceptors (Lipinski definition) is 4. The zero-order valence-corrected chi connectivity index (χ0v) is 20.7. The number of aryl methyl sites for hydroxylation is 1. The second kappa shape index (κ2) is 10.8. The van der Waals surface area contributed by atoms with Gasteiger partial charge in [0.05, 0.1) is 16.0 Å². The number of thiazole rings is 1. The quantitative estimate of drug-likeness (QED) is 0.224. The predicted molar refractivity (Wildman–Crippen MR) is 143 cm³/mol. The number of aromatic nitrogens is 3. The van der Waals surface area contributed by atoms with Gasteiger partial charge in [-0.05, 0) is 29.7 Å². The number of carbonyl (C=O) groups is 1. The van der Waals surface area contributed by atoms with Crippen LogP contribution in [0.5, 0.6) is 0 Å². The molecule has 0 aliphatic carbocycles. The lowest BCUT2D eigenvalue weighted by molar-refractivity contribution is -0.118.